The molecule has 1 N–H and O–H groups in total. The van der Waals surface area contributed by atoms with Crippen molar-refractivity contribution in [1.29, 1.82) is 0 Å². The van der Waals surface area contributed by atoms with E-state index in [4.69, 9.17) is 9.72 Å². The molecule has 0 radical (unpaired) electrons. The topological polar surface area (TPSA) is 34.1 Å². The summed E-state index contributed by atoms with van der Waals surface area (Å²) in [6.07, 6.45) is 3.38. The summed E-state index contributed by atoms with van der Waals surface area (Å²) in [5.41, 5.74) is 1.27. The maximum atomic E-state index is 5.80. The van der Waals surface area contributed by atoms with E-state index in [1.165, 1.54) is 17.0 Å². The summed E-state index contributed by atoms with van der Waals surface area (Å²) in [5, 5.41) is 4.65. The molecule has 3 nitrogen and oxygen atoms in total. The van der Waals surface area contributed by atoms with Crippen molar-refractivity contribution in [2.75, 3.05) is 13.2 Å². The Hall–Kier alpha value is -0.450. The maximum absolute atomic E-state index is 5.80. The average Bonchev–Trinajstić information content (AvgIpc) is 2.78. The first kappa shape index (κ1) is 17.6. The molecule has 1 heterocycles. The number of aromatic nitrogens is 1. The van der Waals surface area contributed by atoms with Gasteiger partial charge in [-0.3, -0.25) is 0 Å². The molecule has 0 aliphatic rings. The lowest BCUT2D eigenvalue weighted by Gasteiger charge is -2.11. The van der Waals surface area contributed by atoms with Gasteiger partial charge in [-0.15, -0.1) is 11.3 Å². The van der Waals surface area contributed by atoms with E-state index in [1.54, 1.807) is 0 Å². The minimum Gasteiger partial charge on any atom is -0.371 e. The van der Waals surface area contributed by atoms with Gasteiger partial charge in [-0.1, -0.05) is 27.7 Å². The van der Waals surface area contributed by atoms with Gasteiger partial charge in [0.1, 0.15) is 11.1 Å². The molecule has 0 saturated heterocycles. The van der Waals surface area contributed by atoms with E-state index >= 15 is 0 Å². The second-order valence-corrected chi connectivity index (χ2v) is 6.66. The molecule has 0 aromatic carbocycles. The number of hydrogen-bond acceptors (Lipinski definition) is 4. The molecule has 0 spiro atoms. The summed E-state index contributed by atoms with van der Waals surface area (Å²) >= 11 is 1.83. The Labute approximate surface area is 128 Å². The number of nitrogens with zero attached hydrogens (tertiary/aromatic N) is 1. The zero-order chi connectivity index (χ0) is 15.0. The molecule has 1 aromatic heterocycles. The van der Waals surface area contributed by atoms with Crippen molar-refractivity contribution in [3.8, 4) is 0 Å². The monoisotopic (exact) mass is 298 g/mol. The summed E-state index contributed by atoms with van der Waals surface area (Å²) < 4.78 is 5.80. The molecule has 4 heteroatoms. The van der Waals surface area contributed by atoms with Crippen molar-refractivity contribution in [2.24, 2.45) is 5.92 Å². The first-order valence-corrected chi connectivity index (χ1v) is 8.74. The van der Waals surface area contributed by atoms with Gasteiger partial charge >= 0.3 is 0 Å². The van der Waals surface area contributed by atoms with Gasteiger partial charge in [-0.25, -0.2) is 4.98 Å². The summed E-state index contributed by atoms with van der Waals surface area (Å²) in [5.74, 6) is 0.641. The van der Waals surface area contributed by atoms with Gasteiger partial charge in [-0.2, -0.15) is 0 Å². The Morgan fingerprint density at radius 3 is 2.55 bits per heavy atom. The molecule has 0 bridgehead atoms. The maximum Gasteiger partial charge on any atom is 0.122 e. The SMILES string of the molecule is CCCNCc1sc(C(CC)OCC)nc1CC(C)C. The van der Waals surface area contributed by atoms with Gasteiger partial charge in [0.05, 0.1) is 5.69 Å². The van der Waals surface area contributed by atoms with Crippen molar-refractivity contribution in [1.82, 2.24) is 10.3 Å². The van der Waals surface area contributed by atoms with E-state index in [1.807, 2.05) is 11.3 Å². The van der Waals surface area contributed by atoms with E-state index in [2.05, 4.69) is 39.9 Å². The molecular formula is C16H30N2OS. The van der Waals surface area contributed by atoms with Crippen LogP contribution >= 0.6 is 11.3 Å². The lowest BCUT2D eigenvalue weighted by atomic mass is 10.1. The summed E-state index contributed by atoms with van der Waals surface area (Å²) in [4.78, 5) is 6.26. The minimum atomic E-state index is 0.163. The Balaban J connectivity index is 2.85. The van der Waals surface area contributed by atoms with Crippen LogP contribution in [0.25, 0.3) is 0 Å². The van der Waals surface area contributed by atoms with Crippen molar-refractivity contribution in [2.45, 2.75) is 66.5 Å². The van der Waals surface area contributed by atoms with Crippen LogP contribution in [0, 0.1) is 5.92 Å². The van der Waals surface area contributed by atoms with Gasteiger partial charge in [0.15, 0.2) is 0 Å². The standard InChI is InChI=1S/C16H30N2OS/c1-6-9-17-11-15-13(10-12(4)5)18-16(20-15)14(7-2)19-8-3/h12,14,17H,6-11H2,1-5H3. The van der Waals surface area contributed by atoms with E-state index in [9.17, 15) is 0 Å². The highest BCUT2D eigenvalue weighted by Gasteiger charge is 2.18. The van der Waals surface area contributed by atoms with Crippen molar-refractivity contribution in [3.63, 3.8) is 0 Å². The number of thiazole rings is 1. The number of nitrogens with one attached hydrogen (secondary N) is 1. The zero-order valence-electron chi connectivity index (χ0n) is 13.7. The smallest absolute Gasteiger partial charge is 0.122 e. The summed E-state index contributed by atoms with van der Waals surface area (Å²) in [6.45, 7) is 13.7. The molecule has 0 aliphatic carbocycles. The Morgan fingerprint density at radius 2 is 2.00 bits per heavy atom. The van der Waals surface area contributed by atoms with Crippen molar-refractivity contribution < 1.29 is 4.74 Å². The van der Waals surface area contributed by atoms with Gasteiger partial charge < -0.3 is 10.1 Å². The van der Waals surface area contributed by atoms with Crippen LogP contribution in [-0.4, -0.2) is 18.1 Å². The Bertz CT molecular complexity index is 377. The highest BCUT2D eigenvalue weighted by atomic mass is 32.1. The van der Waals surface area contributed by atoms with Crippen LogP contribution in [-0.2, 0) is 17.7 Å². The lowest BCUT2D eigenvalue weighted by Crippen LogP contribution is -2.14. The van der Waals surface area contributed by atoms with Gasteiger partial charge in [0, 0.05) is 18.0 Å². The Morgan fingerprint density at radius 1 is 1.25 bits per heavy atom. The Kier molecular flexibility index (Phi) is 8.34. The molecule has 1 unspecified atom stereocenters. The molecule has 1 atom stereocenters. The van der Waals surface area contributed by atoms with Crippen molar-refractivity contribution in [3.05, 3.63) is 15.6 Å². The van der Waals surface area contributed by atoms with E-state index in [0.717, 1.165) is 37.5 Å². The normalized spacial score (nSPS) is 13.1. The second-order valence-electron chi connectivity index (χ2n) is 5.55. The van der Waals surface area contributed by atoms with E-state index < -0.39 is 0 Å². The average molecular weight is 298 g/mol. The van der Waals surface area contributed by atoms with E-state index in [-0.39, 0.29) is 6.10 Å². The van der Waals surface area contributed by atoms with Crippen LogP contribution in [0.2, 0.25) is 0 Å². The molecule has 0 amide bonds. The molecule has 20 heavy (non-hydrogen) atoms. The predicted octanol–water partition coefficient (Wildman–Crippen LogP) is 4.33. The fourth-order valence-electron chi connectivity index (χ4n) is 2.17. The molecule has 0 fully saturated rings. The first-order chi connectivity index (χ1) is 9.62. The van der Waals surface area contributed by atoms with Crippen LogP contribution in [0.5, 0.6) is 0 Å². The summed E-state index contributed by atoms with van der Waals surface area (Å²) in [6, 6.07) is 0. The fourth-order valence-corrected chi connectivity index (χ4v) is 3.36. The summed E-state index contributed by atoms with van der Waals surface area (Å²) in [7, 11) is 0. The third-order valence-corrected chi connectivity index (χ3v) is 4.31. The third-order valence-electron chi connectivity index (χ3n) is 3.12. The molecule has 0 saturated carbocycles. The zero-order valence-corrected chi connectivity index (χ0v) is 14.5. The van der Waals surface area contributed by atoms with Crippen molar-refractivity contribution >= 4 is 11.3 Å². The van der Waals surface area contributed by atoms with Crippen LogP contribution in [0.3, 0.4) is 0 Å². The van der Waals surface area contributed by atoms with Crippen LogP contribution in [0.1, 0.15) is 69.1 Å². The molecule has 0 aliphatic heterocycles. The number of hydrogen-bond donors (Lipinski definition) is 1. The van der Waals surface area contributed by atoms with Crippen LogP contribution in [0.15, 0.2) is 0 Å². The number of ether oxygens (including phenoxy) is 1. The molecular weight excluding hydrogens is 268 g/mol. The van der Waals surface area contributed by atoms with E-state index in [0.29, 0.717) is 5.92 Å². The first-order valence-electron chi connectivity index (χ1n) is 7.93. The molecule has 1 rings (SSSR count). The number of rotatable bonds is 10. The minimum absolute atomic E-state index is 0.163. The lowest BCUT2D eigenvalue weighted by molar-refractivity contribution is 0.0595. The highest BCUT2D eigenvalue weighted by molar-refractivity contribution is 7.11. The van der Waals surface area contributed by atoms with Crippen LogP contribution in [0.4, 0.5) is 0 Å². The largest absolute Gasteiger partial charge is 0.371 e. The second kappa shape index (κ2) is 9.48. The molecule has 1 aromatic rings. The quantitative estimate of drug-likeness (QED) is 0.653. The highest BCUT2D eigenvalue weighted by Crippen LogP contribution is 2.29. The van der Waals surface area contributed by atoms with Gasteiger partial charge in [-0.05, 0) is 38.6 Å². The predicted molar refractivity (Wildman–Crippen MR) is 87.3 cm³/mol. The van der Waals surface area contributed by atoms with Crippen LogP contribution < -0.4 is 5.32 Å². The fraction of sp³-hybridized carbons (Fsp3) is 0.812. The van der Waals surface area contributed by atoms with Gasteiger partial charge in [0.2, 0.25) is 0 Å². The molecule has 116 valence electrons. The van der Waals surface area contributed by atoms with Gasteiger partial charge in [0.25, 0.3) is 0 Å². The third kappa shape index (κ3) is 5.51.